The van der Waals surface area contributed by atoms with Crippen LogP contribution in [0.3, 0.4) is 0 Å². The SMILES string of the molecule is CCOC1=CC(F)(CN2CCC(Nc3nc4ccc(C(=O)O)cc4s3)CC2)CC(OCC)=C1c1ccccc1. The number of nitrogens with zero attached hydrogens (tertiary/aromatic N) is 2. The van der Waals surface area contributed by atoms with E-state index in [2.05, 4.69) is 15.2 Å². The highest BCUT2D eigenvalue weighted by atomic mass is 32.1. The maximum atomic E-state index is 16.5. The van der Waals surface area contributed by atoms with Crippen LogP contribution in [0.4, 0.5) is 9.52 Å². The summed E-state index contributed by atoms with van der Waals surface area (Å²) in [7, 11) is 0. The van der Waals surface area contributed by atoms with Gasteiger partial charge in [0, 0.05) is 32.1 Å². The number of alkyl halides is 1. The lowest BCUT2D eigenvalue weighted by Crippen LogP contribution is -2.46. The van der Waals surface area contributed by atoms with Gasteiger partial charge in [0.2, 0.25) is 0 Å². The second-order valence-corrected chi connectivity index (χ2v) is 11.0. The molecule has 1 atom stereocenters. The summed E-state index contributed by atoms with van der Waals surface area (Å²) in [5.74, 6) is 0.231. The molecule has 3 aromatic rings. The van der Waals surface area contributed by atoms with Crippen LogP contribution in [0.15, 0.2) is 66.1 Å². The van der Waals surface area contributed by atoms with Crippen molar-refractivity contribution in [1.29, 1.82) is 0 Å². The van der Waals surface area contributed by atoms with E-state index < -0.39 is 11.6 Å². The van der Waals surface area contributed by atoms with Crippen LogP contribution in [0, 0.1) is 0 Å². The van der Waals surface area contributed by atoms with E-state index in [9.17, 15) is 9.90 Å². The average molecular weight is 552 g/mol. The number of carbonyl (C=O) groups is 1. The van der Waals surface area contributed by atoms with Gasteiger partial charge in [-0.05, 0) is 56.5 Å². The van der Waals surface area contributed by atoms with E-state index in [-0.39, 0.29) is 24.6 Å². The molecule has 1 fully saturated rings. The highest BCUT2D eigenvalue weighted by molar-refractivity contribution is 7.22. The number of aromatic nitrogens is 1. The van der Waals surface area contributed by atoms with Crippen molar-refractivity contribution in [3.8, 4) is 0 Å². The van der Waals surface area contributed by atoms with Crippen LogP contribution in [0.1, 0.15) is 49.0 Å². The number of anilines is 1. The van der Waals surface area contributed by atoms with Crippen LogP contribution < -0.4 is 5.32 Å². The number of carboxylic acid groups (broad SMARTS) is 1. The Bertz CT molecular complexity index is 1380. The van der Waals surface area contributed by atoms with Crippen LogP contribution in [-0.2, 0) is 9.47 Å². The molecule has 0 bridgehead atoms. The standard InChI is InChI=1S/C30H34FN3O4S/c1-3-37-24-17-30(31,18-25(38-4-2)27(24)20-8-6-5-7-9-20)19-34-14-12-22(13-15-34)32-29-33-23-11-10-21(28(35)36)16-26(23)39-29/h5-11,16-17,22H,3-4,12-15,18-19H2,1-2H3,(H,32,33)(H,35,36). The largest absolute Gasteiger partial charge is 0.497 e. The van der Waals surface area contributed by atoms with Crippen LogP contribution >= 0.6 is 11.3 Å². The minimum Gasteiger partial charge on any atom is -0.497 e. The normalized spacial score (nSPS) is 20.6. The number of hydrogen-bond donors (Lipinski definition) is 2. The van der Waals surface area contributed by atoms with Crippen LogP contribution in [0.2, 0.25) is 0 Å². The molecule has 5 rings (SSSR count). The second kappa shape index (κ2) is 11.8. The molecule has 9 heteroatoms. The molecule has 0 radical (unpaired) electrons. The molecule has 206 valence electrons. The lowest BCUT2D eigenvalue weighted by molar-refractivity contribution is 0.0697. The third-order valence-corrected chi connectivity index (χ3v) is 8.04. The molecule has 0 saturated carbocycles. The first kappa shape index (κ1) is 27.1. The third kappa shape index (κ3) is 6.25. The number of ether oxygens (including phenoxy) is 2. The van der Waals surface area contributed by atoms with E-state index in [0.29, 0.717) is 24.7 Å². The molecule has 2 heterocycles. The van der Waals surface area contributed by atoms with E-state index in [1.807, 2.05) is 44.2 Å². The fourth-order valence-electron chi connectivity index (χ4n) is 5.33. The molecule has 2 N–H and O–H groups in total. The van der Waals surface area contributed by atoms with Gasteiger partial charge in [-0.2, -0.15) is 0 Å². The number of piperidine rings is 1. The molecule has 7 nitrogen and oxygen atoms in total. The number of aromatic carboxylic acids is 1. The van der Waals surface area contributed by atoms with Crippen LogP contribution in [0.5, 0.6) is 0 Å². The molecule has 1 aromatic heterocycles. The number of hydrogen-bond acceptors (Lipinski definition) is 7. The summed E-state index contributed by atoms with van der Waals surface area (Å²) in [6, 6.07) is 15.1. The fraction of sp³-hybridized carbons (Fsp3) is 0.400. The fourth-order valence-corrected chi connectivity index (χ4v) is 6.31. The Morgan fingerprint density at radius 1 is 1.15 bits per heavy atom. The van der Waals surface area contributed by atoms with Gasteiger partial charge >= 0.3 is 5.97 Å². The number of allylic oxidation sites excluding steroid dienone is 2. The number of benzene rings is 2. The van der Waals surface area contributed by atoms with Crippen molar-refractivity contribution in [2.45, 2.75) is 44.8 Å². The number of carboxylic acids is 1. The lowest BCUT2D eigenvalue weighted by Gasteiger charge is -2.38. The predicted molar refractivity (Wildman–Crippen MR) is 153 cm³/mol. The molecular formula is C30H34FN3O4S. The first-order chi connectivity index (χ1) is 18.9. The van der Waals surface area contributed by atoms with Gasteiger partial charge in [-0.15, -0.1) is 0 Å². The molecule has 1 aliphatic heterocycles. The molecule has 2 aliphatic rings. The quantitative estimate of drug-likeness (QED) is 0.304. The maximum Gasteiger partial charge on any atom is 0.335 e. The van der Waals surface area contributed by atoms with E-state index in [1.54, 1.807) is 24.3 Å². The Labute approximate surface area is 232 Å². The molecule has 1 unspecified atom stereocenters. The Morgan fingerprint density at radius 2 is 1.90 bits per heavy atom. The Morgan fingerprint density at radius 3 is 2.59 bits per heavy atom. The summed E-state index contributed by atoms with van der Waals surface area (Å²) < 4.78 is 29.3. The van der Waals surface area contributed by atoms with Crippen molar-refractivity contribution in [3.63, 3.8) is 0 Å². The Kier molecular flexibility index (Phi) is 8.18. The van der Waals surface area contributed by atoms with E-state index in [0.717, 1.165) is 52.4 Å². The van der Waals surface area contributed by atoms with Gasteiger partial charge in [-0.3, -0.25) is 4.90 Å². The summed E-state index contributed by atoms with van der Waals surface area (Å²) in [6.45, 7) is 6.52. The summed E-state index contributed by atoms with van der Waals surface area (Å²) in [5.41, 5.74) is 1.24. The van der Waals surface area contributed by atoms with Gasteiger partial charge in [0.15, 0.2) is 10.8 Å². The number of likely N-dealkylation sites (tertiary alicyclic amines) is 1. The van der Waals surface area contributed by atoms with Crippen LogP contribution in [-0.4, -0.2) is 65.5 Å². The molecule has 0 amide bonds. The number of rotatable bonds is 10. The van der Waals surface area contributed by atoms with E-state index in [1.165, 1.54) is 11.3 Å². The van der Waals surface area contributed by atoms with Crippen molar-refractivity contribution in [3.05, 3.63) is 77.3 Å². The Hall–Kier alpha value is -3.43. The number of fused-ring (bicyclic) bond motifs is 1. The third-order valence-electron chi connectivity index (χ3n) is 7.09. The molecule has 39 heavy (non-hydrogen) atoms. The van der Waals surface area contributed by atoms with Crippen molar-refractivity contribution < 1.29 is 23.8 Å². The lowest BCUT2D eigenvalue weighted by atomic mass is 9.86. The minimum atomic E-state index is -1.59. The topological polar surface area (TPSA) is 83.9 Å². The summed E-state index contributed by atoms with van der Waals surface area (Å²) in [5, 5.41) is 13.5. The zero-order chi connectivity index (χ0) is 27.4. The molecule has 1 aliphatic carbocycles. The van der Waals surface area contributed by atoms with E-state index >= 15 is 4.39 Å². The highest BCUT2D eigenvalue weighted by Crippen LogP contribution is 2.41. The second-order valence-electron chi connectivity index (χ2n) is 9.95. The Balaban J connectivity index is 1.24. The summed E-state index contributed by atoms with van der Waals surface area (Å²) >= 11 is 1.46. The summed E-state index contributed by atoms with van der Waals surface area (Å²) in [6.07, 6.45) is 3.54. The molecule has 0 spiro atoms. The number of nitrogens with one attached hydrogen (secondary N) is 1. The van der Waals surface area contributed by atoms with Gasteiger partial charge in [-0.25, -0.2) is 14.2 Å². The first-order valence-corrected chi connectivity index (χ1v) is 14.3. The van der Waals surface area contributed by atoms with Gasteiger partial charge in [-0.1, -0.05) is 41.7 Å². The maximum absolute atomic E-state index is 16.5. The van der Waals surface area contributed by atoms with Crippen molar-refractivity contribution >= 4 is 38.2 Å². The zero-order valence-electron chi connectivity index (χ0n) is 22.3. The smallest absolute Gasteiger partial charge is 0.335 e. The predicted octanol–water partition coefficient (Wildman–Crippen LogP) is 6.35. The van der Waals surface area contributed by atoms with E-state index in [4.69, 9.17) is 9.47 Å². The first-order valence-electron chi connectivity index (χ1n) is 13.5. The van der Waals surface area contributed by atoms with Gasteiger partial charge in [0.05, 0.1) is 34.6 Å². The van der Waals surface area contributed by atoms with Crippen molar-refractivity contribution in [2.75, 3.05) is 38.2 Å². The number of halogens is 1. The van der Waals surface area contributed by atoms with Gasteiger partial charge in [0.25, 0.3) is 0 Å². The van der Waals surface area contributed by atoms with Crippen molar-refractivity contribution in [2.24, 2.45) is 0 Å². The zero-order valence-corrected chi connectivity index (χ0v) is 23.1. The summed E-state index contributed by atoms with van der Waals surface area (Å²) in [4.78, 5) is 18.1. The van der Waals surface area contributed by atoms with Crippen molar-refractivity contribution in [1.82, 2.24) is 9.88 Å². The van der Waals surface area contributed by atoms with Crippen LogP contribution in [0.25, 0.3) is 15.8 Å². The average Bonchev–Trinajstić information content (AvgIpc) is 3.32. The molecular weight excluding hydrogens is 517 g/mol. The van der Waals surface area contributed by atoms with Gasteiger partial charge in [0.1, 0.15) is 11.5 Å². The molecule has 2 aromatic carbocycles. The molecule has 1 saturated heterocycles. The van der Waals surface area contributed by atoms with Gasteiger partial charge < -0.3 is 19.9 Å². The highest BCUT2D eigenvalue weighted by Gasteiger charge is 2.39. The minimum absolute atomic E-state index is 0.170. The number of thiazole rings is 1. The monoisotopic (exact) mass is 551 g/mol.